The number of aryl methyl sites for hydroxylation is 1. The summed E-state index contributed by atoms with van der Waals surface area (Å²) in [6.07, 6.45) is 11.3. The van der Waals surface area contributed by atoms with E-state index in [4.69, 9.17) is 0 Å². The zero-order chi connectivity index (χ0) is 16.4. The molecule has 3 aromatic heterocycles. The predicted molar refractivity (Wildman–Crippen MR) is 91.2 cm³/mol. The SMILES string of the molecule is Cn1ccnc1-c1nccn1[C@H](Cn1cccn1)c1ccccc1. The maximum absolute atomic E-state index is 4.55. The third kappa shape index (κ3) is 2.62. The second kappa shape index (κ2) is 6.16. The lowest BCUT2D eigenvalue weighted by Crippen LogP contribution is -2.19. The van der Waals surface area contributed by atoms with Crippen molar-refractivity contribution in [3.8, 4) is 11.6 Å². The molecule has 0 saturated heterocycles. The number of hydrogen-bond acceptors (Lipinski definition) is 3. The van der Waals surface area contributed by atoms with Gasteiger partial charge in [0.2, 0.25) is 0 Å². The van der Waals surface area contributed by atoms with Crippen molar-refractivity contribution in [2.45, 2.75) is 12.6 Å². The third-order valence-corrected chi connectivity index (χ3v) is 4.13. The van der Waals surface area contributed by atoms with Gasteiger partial charge in [0.15, 0.2) is 11.6 Å². The zero-order valence-corrected chi connectivity index (χ0v) is 13.4. The van der Waals surface area contributed by atoms with Crippen molar-refractivity contribution in [2.24, 2.45) is 7.05 Å². The van der Waals surface area contributed by atoms with Gasteiger partial charge in [-0.3, -0.25) is 4.68 Å². The lowest BCUT2D eigenvalue weighted by Gasteiger charge is -2.21. The number of nitrogens with zero attached hydrogens (tertiary/aromatic N) is 6. The normalized spacial score (nSPS) is 12.4. The number of imidazole rings is 2. The molecule has 0 bridgehead atoms. The molecule has 4 rings (SSSR count). The lowest BCUT2D eigenvalue weighted by atomic mass is 10.1. The van der Waals surface area contributed by atoms with E-state index in [1.807, 2.05) is 53.2 Å². The van der Waals surface area contributed by atoms with Crippen LogP contribution in [-0.4, -0.2) is 28.9 Å². The van der Waals surface area contributed by atoms with E-state index in [1.54, 1.807) is 12.4 Å². The van der Waals surface area contributed by atoms with Crippen LogP contribution in [0, 0.1) is 0 Å². The molecule has 0 saturated carbocycles. The minimum atomic E-state index is 0.0836. The van der Waals surface area contributed by atoms with Crippen molar-refractivity contribution in [3.63, 3.8) is 0 Å². The standard InChI is InChI=1S/C18H18N6/c1-22-12-9-19-17(22)18-20-10-13-24(18)16(14-23-11-5-8-21-23)15-6-3-2-4-7-15/h2-13,16H,14H2,1H3/t16-/m1/s1. The highest BCUT2D eigenvalue weighted by molar-refractivity contribution is 5.45. The van der Waals surface area contributed by atoms with E-state index in [0.717, 1.165) is 18.2 Å². The smallest absolute Gasteiger partial charge is 0.177 e. The van der Waals surface area contributed by atoms with Crippen LogP contribution in [0.1, 0.15) is 11.6 Å². The Balaban J connectivity index is 1.80. The number of hydrogen-bond donors (Lipinski definition) is 0. The Hall–Kier alpha value is -3.15. The summed E-state index contributed by atoms with van der Waals surface area (Å²) < 4.78 is 6.09. The van der Waals surface area contributed by atoms with Crippen LogP contribution in [0.4, 0.5) is 0 Å². The first-order valence-corrected chi connectivity index (χ1v) is 7.86. The van der Waals surface area contributed by atoms with E-state index in [1.165, 1.54) is 5.56 Å². The summed E-state index contributed by atoms with van der Waals surface area (Å²) in [4.78, 5) is 8.99. The lowest BCUT2D eigenvalue weighted by molar-refractivity contribution is 0.464. The van der Waals surface area contributed by atoms with Gasteiger partial charge in [-0.25, -0.2) is 9.97 Å². The van der Waals surface area contributed by atoms with Gasteiger partial charge in [0.1, 0.15) is 0 Å². The first-order chi connectivity index (χ1) is 11.8. The van der Waals surface area contributed by atoms with Gasteiger partial charge >= 0.3 is 0 Å². The van der Waals surface area contributed by atoms with Crippen molar-refractivity contribution in [3.05, 3.63) is 79.1 Å². The van der Waals surface area contributed by atoms with Crippen LogP contribution in [0.3, 0.4) is 0 Å². The molecule has 0 spiro atoms. The molecule has 24 heavy (non-hydrogen) atoms. The Morgan fingerprint density at radius 2 is 1.67 bits per heavy atom. The highest BCUT2D eigenvalue weighted by Crippen LogP contribution is 2.26. The van der Waals surface area contributed by atoms with E-state index >= 15 is 0 Å². The van der Waals surface area contributed by atoms with Crippen molar-refractivity contribution >= 4 is 0 Å². The van der Waals surface area contributed by atoms with Gasteiger partial charge in [-0.1, -0.05) is 30.3 Å². The molecule has 3 heterocycles. The summed E-state index contributed by atoms with van der Waals surface area (Å²) in [6.45, 7) is 0.727. The predicted octanol–water partition coefficient (Wildman–Crippen LogP) is 2.77. The van der Waals surface area contributed by atoms with Crippen LogP contribution in [0.25, 0.3) is 11.6 Å². The summed E-state index contributed by atoms with van der Waals surface area (Å²) in [7, 11) is 1.98. The fourth-order valence-electron chi connectivity index (χ4n) is 2.93. The Bertz CT molecular complexity index is 904. The molecular formula is C18H18N6. The van der Waals surface area contributed by atoms with Gasteiger partial charge in [-0.05, 0) is 11.6 Å². The second-order valence-electron chi connectivity index (χ2n) is 5.67. The summed E-state index contributed by atoms with van der Waals surface area (Å²) in [6, 6.07) is 12.4. The van der Waals surface area contributed by atoms with E-state index in [2.05, 4.69) is 43.9 Å². The monoisotopic (exact) mass is 318 g/mol. The topological polar surface area (TPSA) is 53.5 Å². The van der Waals surface area contributed by atoms with E-state index in [9.17, 15) is 0 Å². The molecule has 1 aromatic carbocycles. The van der Waals surface area contributed by atoms with E-state index < -0.39 is 0 Å². The average Bonchev–Trinajstić information content (AvgIpc) is 3.35. The van der Waals surface area contributed by atoms with Crippen LogP contribution in [-0.2, 0) is 13.6 Å². The average molecular weight is 318 g/mol. The maximum Gasteiger partial charge on any atom is 0.177 e. The molecule has 0 aliphatic carbocycles. The molecule has 0 fully saturated rings. The van der Waals surface area contributed by atoms with E-state index in [-0.39, 0.29) is 6.04 Å². The highest BCUT2D eigenvalue weighted by atomic mass is 15.3. The summed E-state index contributed by atoms with van der Waals surface area (Å²) in [5, 5.41) is 4.36. The van der Waals surface area contributed by atoms with Gasteiger partial charge in [0.05, 0.1) is 12.6 Å². The number of rotatable bonds is 5. The number of benzene rings is 1. The first kappa shape index (κ1) is 14.4. The molecule has 0 amide bonds. The van der Waals surface area contributed by atoms with Crippen LogP contribution in [0.2, 0.25) is 0 Å². The maximum atomic E-state index is 4.55. The third-order valence-electron chi connectivity index (χ3n) is 4.13. The van der Waals surface area contributed by atoms with Gasteiger partial charge in [0, 0.05) is 44.2 Å². The molecular weight excluding hydrogens is 300 g/mol. The van der Waals surface area contributed by atoms with Crippen molar-refractivity contribution in [1.82, 2.24) is 28.9 Å². The van der Waals surface area contributed by atoms with Crippen molar-refractivity contribution in [2.75, 3.05) is 0 Å². The van der Waals surface area contributed by atoms with Crippen LogP contribution in [0.15, 0.2) is 73.6 Å². The van der Waals surface area contributed by atoms with Crippen molar-refractivity contribution in [1.29, 1.82) is 0 Å². The van der Waals surface area contributed by atoms with Crippen molar-refractivity contribution < 1.29 is 0 Å². The molecule has 0 unspecified atom stereocenters. The Morgan fingerprint density at radius 1 is 0.875 bits per heavy atom. The second-order valence-corrected chi connectivity index (χ2v) is 5.67. The Labute approximate surface area is 140 Å². The molecule has 0 aliphatic heterocycles. The molecule has 0 radical (unpaired) electrons. The first-order valence-electron chi connectivity index (χ1n) is 7.86. The fourth-order valence-corrected chi connectivity index (χ4v) is 2.93. The van der Waals surface area contributed by atoms with Crippen LogP contribution in [0.5, 0.6) is 0 Å². The molecule has 4 aromatic rings. The highest BCUT2D eigenvalue weighted by Gasteiger charge is 2.20. The Kier molecular flexibility index (Phi) is 3.70. The largest absolute Gasteiger partial charge is 0.331 e. The molecule has 6 heteroatoms. The van der Waals surface area contributed by atoms with Gasteiger partial charge in [-0.2, -0.15) is 5.10 Å². The summed E-state index contributed by atoms with van der Waals surface area (Å²) >= 11 is 0. The van der Waals surface area contributed by atoms with Gasteiger partial charge in [0.25, 0.3) is 0 Å². The summed E-state index contributed by atoms with van der Waals surface area (Å²) in [5.74, 6) is 1.70. The minimum absolute atomic E-state index is 0.0836. The summed E-state index contributed by atoms with van der Waals surface area (Å²) in [5.41, 5.74) is 1.21. The quantitative estimate of drug-likeness (QED) is 0.568. The van der Waals surface area contributed by atoms with Gasteiger partial charge < -0.3 is 9.13 Å². The van der Waals surface area contributed by atoms with Crippen LogP contribution >= 0.6 is 0 Å². The minimum Gasteiger partial charge on any atom is -0.331 e. The van der Waals surface area contributed by atoms with Crippen LogP contribution < -0.4 is 0 Å². The molecule has 0 aliphatic rings. The number of aromatic nitrogens is 6. The fraction of sp³-hybridized carbons (Fsp3) is 0.167. The van der Waals surface area contributed by atoms with Gasteiger partial charge in [-0.15, -0.1) is 0 Å². The Morgan fingerprint density at radius 3 is 2.38 bits per heavy atom. The molecule has 6 nitrogen and oxygen atoms in total. The van der Waals surface area contributed by atoms with E-state index in [0.29, 0.717) is 0 Å². The molecule has 120 valence electrons. The molecule has 1 atom stereocenters. The zero-order valence-electron chi connectivity index (χ0n) is 13.4. The molecule has 0 N–H and O–H groups in total.